The number of amides is 5. The maximum atomic E-state index is 13.6. The molecule has 1 aliphatic heterocycles. The van der Waals surface area contributed by atoms with E-state index in [1.807, 2.05) is 20.8 Å². The Hall–Kier alpha value is -3.99. The van der Waals surface area contributed by atoms with E-state index in [9.17, 15) is 19.5 Å². The van der Waals surface area contributed by atoms with Crippen LogP contribution in [0.25, 0.3) is 0 Å². The molecule has 0 unspecified atom stereocenters. The third-order valence-electron chi connectivity index (χ3n) is 6.48. The van der Waals surface area contributed by atoms with Crippen molar-refractivity contribution in [1.29, 1.82) is 0 Å². The van der Waals surface area contributed by atoms with Gasteiger partial charge in [-0.05, 0) is 63.2 Å². The maximum Gasteiger partial charge on any atom is 0.321 e. The highest BCUT2D eigenvalue weighted by atomic mass is 16.5. The molecule has 0 fully saturated rings. The molecule has 0 radical (unpaired) electrons. The number of rotatable bonds is 8. The Kier molecular flexibility index (Phi) is 10.00. The van der Waals surface area contributed by atoms with Crippen LogP contribution in [0.3, 0.4) is 0 Å². The molecule has 0 aromatic heterocycles. The second-order valence-electron chi connectivity index (χ2n) is 10.1. The number of urea groups is 2. The predicted molar refractivity (Wildman–Crippen MR) is 150 cm³/mol. The highest BCUT2D eigenvalue weighted by molar-refractivity contribution is 5.99. The number of nitrogens with zero attached hydrogens (tertiary/aromatic N) is 2. The lowest BCUT2D eigenvalue weighted by Gasteiger charge is -2.38. The number of hydrogen-bond donors (Lipinski definition) is 4. The van der Waals surface area contributed by atoms with Gasteiger partial charge in [0.1, 0.15) is 17.6 Å². The van der Waals surface area contributed by atoms with Gasteiger partial charge in [0.2, 0.25) is 0 Å². The number of hydrogen-bond acceptors (Lipinski definition) is 6. The summed E-state index contributed by atoms with van der Waals surface area (Å²) in [5, 5.41) is 18.2. The average molecular weight is 542 g/mol. The molecule has 0 saturated heterocycles. The molecule has 212 valence electrons. The Morgan fingerprint density at radius 2 is 1.79 bits per heavy atom. The number of methoxy groups -OCH3 is 1. The van der Waals surface area contributed by atoms with Crippen molar-refractivity contribution < 1.29 is 29.0 Å². The molecule has 4 N–H and O–H groups in total. The number of aliphatic hydroxyl groups is 1. The van der Waals surface area contributed by atoms with Crippen LogP contribution in [0.5, 0.6) is 11.5 Å². The quantitative estimate of drug-likeness (QED) is 0.404. The molecule has 3 atom stereocenters. The van der Waals surface area contributed by atoms with Gasteiger partial charge in [-0.15, -0.1) is 0 Å². The standard InChI is InChI=1S/C28H39N5O6/c1-17(2)29-27(36)30-21-9-12-24-23(13-21)26(35)33(19(4)16-34)14-18(3)25(39-24)15-32(5)28(37)31-20-7-10-22(38-6)11-8-20/h7-13,17-19,25,34H,14-16H2,1-6H3,(H,31,37)(H2,29,30,36)/t18-,19-,25-/m1/s1. The Morgan fingerprint density at radius 3 is 2.41 bits per heavy atom. The van der Waals surface area contributed by atoms with Gasteiger partial charge in [0, 0.05) is 36.9 Å². The zero-order valence-corrected chi connectivity index (χ0v) is 23.4. The van der Waals surface area contributed by atoms with E-state index >= 15 is 0 Å². The van der Waals surface area contributed by atoms with Crippen LogP contribution in [0.15, 0.2) is 42.5 Å². The van der Waals surface area contributed by atoms with Crippen molar-refractivity contribution in [3.8, 4) is 11.5 Å². The molecule has 1 heterocycles. The average Bonchev–Trinajstić information content (AvgIpc) is 2.90. The molecule has 0 aliphatic carbocycles. The maximum absolute atomic E-state index is 13.6. The van der Waals surface area contributed by atoms with Gasteiger partial charge < -0.3 is 40.3 Å². The molecule has 3 rings (SSSR count). The van der Waals surface area contributed by atoms with Crippen molar-refractivity contribution >= 4 is 29.3 Å². The Bertz CT molecular complexity index is 1160. The van der Waals surface area contributed by atoms with Gasteiger partial charge in [-0.2, -0.15) is 0 Å². The number of carbonyl (C=O) groups excluding carboxylic acids is 3. The molecule has 0 spiro atoms. The fourth-order valence-electron chi connectivity index (χ4n) is 4.19. The van der Waals surface area contributed by atoms with Crippen LogP contribution in [0.1, 0.15) is 38.1 Å². The summed E-state index contributed by atoms with van der Waals surface area (Å²) >= 11 is 0. The van der Waals surface area contributed by atoms with Crippen molar-refractivity contribution in [3.05, 3.63) is 48.0 Å². The lowest BCUT2D eigenvalue weighted by atomic mass is 9.99. The highest BCUT2D eigenvalue weighted by Crippen LogP contribution is 2.31. The van der Waals surface area contributed by atoms with E-state index in [0.717, 1.165) is 0 Å². The number of anilines is 2. The number of ether oxygens (including phenoxy) is 2. The first-order valence-corrected chi connectivity index (χ1v) is 13.0. The van der Waals surface area contributed by atoms with E-state index < -0.39 is 12.1 Å². The van der Waals surface area contributed by atoms with E-state index in [-0.39, 0.29) is 48.6 Å². The number of fused-ring (bicyclic) bond motifs is 1. The predicted octanol–water partition coefficient (Wildman–Crippen LogP) is 3.61. The van der Waals surface area contributed by atoms with Crippen LogP contribution in [0.2, 0.25) is 0 Å². The van der Waals surface area contributed by atoms with Gasteiger partial charge in [-0.3, -0.25) is 4.79 Å². The largest absolute Gasteiger partial charge is 0.497 e. The second kappa shape index (κ2) is 13.2. The Morgan fingerprint density at radius 1 is 1.13 bits per heavy atom. The van der Waals surface area contributed by atoms with Gasteiger partial charge in [0.15, 0.2) is 0 Å². The van der Waals surface area contributed by atoms with Crippen molar-refractivity contribution in [2.75, 3.05) is 44.5 Å². The van der Waals surface area contributed by atoms with Crippen LogP contribution in [0, 0.1) is 5.92 Å². The van der Waals surface area contributed by atoms with Gasteiger partial charge in [-0.1, -0.05) is 6.92 Å². The van der Waals surface area contributed by atoms with Crippen molar-refractivity contribution in [1.82, 2.24) is 15.1 Å². The zero-order chi connectivity index (χ0) is 28.7. The molecular formula is C28H39N5O6. The fourth-order valence-corrected chi connectivity index (χ4v) is 4.19. The molecule has 11 nitrogen and oxygen atoms in total. The molecule has 2 aromatic carbocycles. The summed E-state index contributed by atoms with van der Waals surface area (Å²) in [5.41, 5.74) is 1.32. The lowest BCUT2D eigenvalue weighted by molar-refractivity contribution is 0.0371. The van der Waals surface area contributed by atoms with E-state index in [0.29, 0.717) is 29.4 Å². The molecule has 39 heavy (non-hydrogen) atoms. The van der Waals surface area contributed by atoms with Crippen molar-refractivity contribution in [3.63, 3.8) is 0 Å². The van der Waals surface area contributed by atoms with Crippen LogP contribution < -0.4 is 25.4 Å². The first kappa shape index (κ1) is 29.6. The van der Waals surface area contributed by atoms with Gasteiger partial charge in [0.05, 0.1) is 31.9 Å². The summed E-state index contributed by atoms with van der Waals surface area (Å²) in [6.45, 7) is 7.76. The summed E-state index contributed by atoms with van der Waals surface area (Å²) in [6.07, 6.45) is -0.458. The third kappa shape index (κ3) is 7.76. The summed E-state index contributed by atoms with van der Waals surface area (Å²) < 4.78 is 11.5. The number of benzene rings is 2. The fraction of sp³-hybridized carbons (Fsp3) is 0.464. The van der Waals surface area contributed by atoms with Crippen LogP contribution in [-0.2, 0) is 0 Å². The van der Waals surface area contributed by atoms with E-state index in [1.165, 1.54) is 4.90 Å². The lowest BCUT2D eigenvalue weighted by Crippen LogP contribution is -2.50. The van der Waals surface area contributed by atoms with Crippen LogP contribution in [0.4, 0.5) is 21.0 Å². The SMILES string of the molecule is COc1ccc(NC(=O)N(C)C[C@H]2Oc3ccc(NC(=O)NC(C)C)cc3C(=O)N([C@H](C)CO)C[C@H]2C)cc1. The first-order chi connectivity index (χ1) is 18.5. The van der Waals surface area contributed by atoms with Gasteiger partial charge >= 0.3 is 12.1 Å². The summed E-state index contributed by atoms with van der Waals surface area (Å²) in [7, 11) is 3.25. The van der Waals surface area contributed by atoms with E-state index in [4.69, 9.17) is 9.47 Å². The minimum Gasteiger partial charge on any atom is -0.497 e. The number of likely N-dealkylation sites (N-methyl/N-ethyl adjacent to an activating group) is 1. The minimum atomic E-state index is -0.458. The molecule has 0 bridgehead atoms. The highest BCUT2D eigenvalue weighted by Gasteiger charge is 2.34. The molecule has 0 saturated carbocycles. The second-order valence-corrected chi connectivity index (χ2v) is 10.1. The van der Waals surface area contributed by atoms with Gasteiger partial charge in [-0.25, -0.2) is 9.59 Å². The number of nitrogens with one attached hydrogen (secondary N) is 3. The van der Waals surface area contributed by atoms with Crippen molar-refractivity contribution in [2.24, 2.45) is 5.92 Å². The monoisotopic (exact) mass is 541 g/mol. The Balaban J connectivity index is 1.83. The van der Waals surface area contributed by atoms with Crippen LogP contribution in [-0.4, -0.2) is 84.9 Å². The van der Waals surface area contributed by atoms with Crippen molar-refractivity contribution in [2.45, 2.75) is 45.9 Å². The van der Waals surface area contributed by atoms with Crippen LogP contribution >= 0.6 is 0 Å². The van der Waals surface area contributed by atoms with Gasteiger partial charge in [0.25, 0.3) is 5.91 Å². The number of aliphatic hydroxyl groups excluding tert-OH is 1. The molecule has 1 aliphatic rings. The molecule has 11 heteroatoms. The third-order valence-corrected chi connectivity index (χ3v) is 6.48. The summed E-state index contributed by atoms with van der Waals surface area (Å²) in [4.78, 5) is 41.8. The summed E-state index contributed by atoms with van der Waals surface area (Å²) in [5.74, 6) is 0.551. The Labute approximate surface area is 229 Å². The smallest absolute Gasteiger partial charge is 0.321 e. The molecule has 2 aromatic rings. The normalized spacial score (nSPS) is 17.7. The minimum absolute atomic E-state index is 0.0543. The molecule has 5 amide bonds. The summed E-state index contributed by atoms with van der Waals surface area (Å²) in [6, 6.07) is 10.7. The number of carbonyl (C=O) groups is 3. The van der Waals surface area contributed by atoms with E-state index in [2.05, 4.69) is 16.0 Å². The zero-order valence-electron chi connectivity index (χ0n) is 23.4. The topological polar surface area (TPSA) is 132 Å². The first-order valence-electron chi connectivity index (χ1n) is 13.0. The van der Waals surface area contributed by atoms with E-state index in [1.54, 1.807) is 68.4 Å². The molecular weight excluding hydrogens is 502 g/mol.